The first-order chi connectivity index (χ1) is 12.8. The Morgan fingerprint density at radius 2 is 1.96 bits per heavy atom. The van der Waals surface area contributed by atoms with Crippen LogP contribution < -0.4 is 9.62 Å². The van der Waals surface area contributed by atoms with E-state index in [1.165, 1.54) is 30.3 Å². The van der Waals surface area contributed by atoms with Crippen LogP contribution in [0.1, 0.15) is 12.5 Å². The lowest BCUT2D eigenvalue weighted by Crippen LogP contribution is -2.39. The van der Waals surface area contributed by atoms with Crippen LogP contribution in [0.15, 0.2) is 41.6 Å². The van der Waals surface area contributed by atoms with E-state index in [2.05, 4.69) is 14.7 Å². The van der Waals surface area contributed by atoms with Crippen LogP contribution in [0.3, 0.4) is 0 Å². The predicted octanol–water partition coefficient (Wildman–Crippen LogP) is 0.645. The van der Waals surface area contributed by atoms with Gasteiger partial charge in [0.1, 0.15) is 0 Å². The third-order valence-corrected chi connectivity index (χ3v) is 5.59. The largest absolute Gasteiger partial charge is 0.337 e. The summed E-state index contributed by atoms with van der Waals surface area (Å²) in [5.74, 6) is -0.418. The number of carbonyl (C=O) groups excluding carboxylic acids is 2. The zero-order valence-electron chi connectivity index (χ0n) is 14.9. The van der Waals surface area contributed by atoms with Crippen molar-refractivity contribution in [2.24, 2.45) is 0 Å². The molecule has 2 aromatic rings. The summed E-state index contributed by atoms with van der Waals surface area (Å²) in [7, 11) is -2.27. The van der Waals surface area contributed by atoms with Gasteiger partial charge in [0, 0.05) is 38.6 Å². The van der Waals surface area contributed by atoms with Gasteiger partial charge in [0.2, 0.25) is 17.8 Å². The van der Waals surface area contributed by atoms with Gasteiger partial charge in [-0.25, -0.2) is 23.1 Å². The van der Waals surface area contributed by atoms with Gasteiger partial charge >= 0.3 is 0 Å². The number of nitrogens with one attached hydrogen (secondary N) is 1. The molecule has 27 heavy (non-hydrogen) atoms. The summed E-state index contributed by atoms with van der Waals surface area (Å²) in [4.78, 5) is 34.4. The monoisotopic (exact) mass is 389 g/mol. The summed E-state index contributed by atoms with van der Waals surface area (Å²) in [5, 5.41) is 0. The summed E-state index contributed by atoms with van der Waals surface area (Å²) in [6, 6.07) is 6.17. The summed E-state index contributed by atoms with van der Waals surface area (Å²) in [5.41, 5.74) is 1.41. The predicted molar refractivity (Wildman–Crippen MR) is 98.7 cm³/mol. The van der Waals surface area contributed by atoms with Gasteiger partial charge in [-0.05, 0) is 36.2 Å². The van der Waals surface area contributed by atoms with Gasteiger partial charge in [0.25, 0.3) is 10.0 Å². The van der Waals surface area contributed by atoms with Crippen molar-refractivity contribution in [3.05, 3.63) is 42.2 Å². The third kappa shape index (κ3) is 4.05. The zero-order valence-corrected chi connectivity index (χ0v) is 15.7. The highest BCUT2D eigenvalue weighted by Gasteiger charge is 2.27. The summed E-state index contributed by atoms with van der Waals surface area (Å²) in [6.07, 6.45) is 3.42. The van der Waals surface area contributed by atoms with E-state index in [4.69, 9.17) is 0 Å². The highest BCUT2D eigenvalue weighted by Crippen LogP contribution is 2.30. The number of rotatable bonds is 5. The molecule has 1 aromatic heterocycles. The molecule has 142 valence electrons. The Bertz CT molecular complexity index is 978. The van der Waals surface area contributed by atoms with Crippen LogP contribution in [0.2, 0.25) is 0 Å². The molecule has 1 aromatic carbocycles. The van der Waals surface area contributed by atoms with E-state index < -0.39 is 10.0 Å². The second-order valence-corrected chi connectivity index (χ2v) is 7.82. The van der Waals surface area contributed by atoms with E-state index in [0.717, 1.165) is 5.56 Å². The second kappa shape index (κ2) is 7.31. The maximum atomic E-state index is 12.5. The van der Waals surface area contributed by atoms with Crippen LogP contribution in [0, 0.1) is 0 Å². The molecule has 0 unspecified atom stereocenters. The van der Waals surface area contributed by atoms with Gasteiger partial charge in [-0.15, -0.1) is 0 Å². The number of aromatic nitrogens is 2. The summed E-state index contributed by atoms with van der Waals surface area (Å²) >= 11 is 0. The molecule has 0 fully saturated rings. The molecule has 2 amide bonds. The highest BCUT2D eigenvalue weighted by molar-refractivity contribution is 7.92. The molecule has 0 spiro atoms. The lowest BCUT2D eigenvalue weighted by Gasteiger charge is -2.21. The molecule has 1 N–H and O–H groups in total. The van der Waals surface area contributed by atoms with Gasteiger partial charge in [-0.2, -0.15) is 0 Å². The number of carbonyl (C=O) groups is 2. The lowest BCUT2D eigenvalue weighted by molar-refractivity contribution is -0.132. The van der Waals surface area contributed by atoms with Crippen molar-refractivity contribution in [1.82, 2.24) is 14.9 Å². The minimum Gasteiger partial charge on any atom is -0.337 e. The number of anilines is 2. The van der Waals surface area contributed by atoms with Gasteiger partial charge in [0.05, 0.1) is 11.4 Å². The van der Waals surface area contributed by atoms with Crippen molar-refractivity contribution in [3.8, 4) is 0 Å². The van der Waals surface area contributed by atoms with Crippen molar-refractivity contribution >= 4 is 33.5 Å². The van der Waals surface area contributed by atoms with E-state index in [0.29, 0.717) is 18.7 Å². The quantitative estimate of drug-likeness (QED) is 0.803. The fourth-order valence-corrected chi connectivity index (χ4v) is 3.74. The van der Waals surface area contributed by atoms with Crippen LogP contribution in [0.5, 0.6) is 0 Å². The van der Waals surface area contributed by atoms with Crippen LogP contribution in [-0.4, -0.2) is 55.2 Å². The van der Waals surface area contributed by atoms with Gasteiger partial charge in [-0.1, -0.05) is 0 Å². The number of likely N-dealkylation sites (N-methyl/N-ethyl adjacent to an activating group) is 1. The molecule has 0 saturated heterocycles. The minimum atomic E-state index is -3.83. The fourth-order valence-electron chi connectivity index (χ4n) is 2.73. The molecule has 1 aliphatic heterocycles. The van der Waals surface area contributed by atoms with Crippen LogP contribution in [0.25, 0.3) is 0 Å². The Balaban J connectivity index is 1.80. The lowest BCUT2D eigenvalue weighted by atomic mass is 10.2. The number of amides is 2. The SMILES string of the molecule is CC(=O)N(C)CC(=O)N1CCc2cc(S(=O)(=O)Nc3ncccn3)ccc21. The Hall–Kier alpha value is -3.01. The van der Waals surface area contributed by atoms with Crippen LogP contribution in [-0.2, 0) is 26.0 Å². The third-order valence-electron chi connectivity index (χ3n) is 4.26. The molecule has 0 saturated carbocycles. The van der Waals surface area contributed by atoms with Gasteiger partial charge in [0.15, 0.2) is 0 Å². The van der Waals surface area contributed by atoms with E-state index in [9.17, 15) is 18.0 Å². The van der Waals surface area contributed by atoms with E-state index >= 15 is 0 Å². The second-order valence-electron chi connectivity index (χ2n) is 6.14. The maximum Gasteiger partial charge on any atom is 0.264 e. The molecule has 10 heteroatoms. The van der Waals surface area contributed by atoms with Crippen LogP contribution >= 0.6 is 0 Å². The van der Waals surface area contributed by atoms with Crippen molar-refractivity contribution in [3.63, 3.8) is 0 Å². The van der Waals surface area contributed by atoms with E-state index in [1.807, 2.05) is 0 Å². The standard InChI is InChI=1S/C17H19N5O4S/c1-12(23)21(2)11-16(24)22-9-6-13-10-14(4-5-15(13)22)27(25,26)20-17-18-7-3-8-19-17/h3-5,7-8,10H,6,9,11H2,1-2H3,(H,18,19,20). The first-order valence-corrected chi connectivity index (χ1v) is 9.71. The Morgan fingerprint density at radius 3 is 2.63 bits per heavy atom. The fraction of sp³-hybridized carbons (Fsp3) is 0.294. The van der Waals surface area contributed by atoms with Crippen molar-refractivity contribution in [2.45, 2.75) is 18.2 Å². The maximum absolute atomic E-state index is 12.5. The summed E-state index contributed by atoms with van der Waals surface area (Å²) < 4.78 is 27.4. The highest BCUT2D eigenvalue weighted by atomic mass is 32.2. The Kier molecular flexibility index (Phi) is 5.08. The molecule has 3 rings (SSSR count). The van der Waals surface area contributed by atoms with Crippen LogP contribution in [0.4, 0.5) is 11.6 Å². The molecule has 9 nitrogen and oxygen atoms in total. The average Bonchev–Trinajstić information content (AvgIpc) is 3.05. The topological polar surface area (TPSA) is 113 Å². The van der Waals surface area contributed by atoms with E-state index in [1.54, 1.807) is 30.1 Å². The average molecular weight is 389 g/mol. The van der Waals surface area contributed by atoms with Crippen molar-refractivity contribution in [2.75, 3.05) is 29.8 Å². The smallest absolute Gasteiger partial charge is 0.264 e. The van der Waals surface area contributed by atoms with E-state index in [-0.39, 0.29) is 29.2 Å². The molecule has 0 atom stereocenters. The first-order valence-electron chi connectivity index (χ1n) is 8.23. The number of nitrogens with zero attached hydrogens (tertiary/aromatic N) is 4. The van der Waals surface area contributed by atoms with Gasteiger partial charge < -0.3 is 9.80 Å². The molecule has 0 bridgehead atoms. The number of benzene rings is 1. The Morgan fingerprint density at radius 1 is 1.26 bits per heavy atom. The molecular weight excluding hydrogens is 370 g/mol. The first kappa shape index (κ1) is 18.8. The Labute approximate surface area is 157 Å². The van der Waals surface area contributed by atoms with Crippen molar-refractivity contribution < 1.29 is 18.0 Å². The normalized spacial score (nSPS) is 13.2. The molecule has 2 heterocycles. The van der Waals surface area contributed by atoms with Crippen molar-refractivity contribution in [1.29, 1.82) is 0 Å². The molecule has 0 aliphatic carbocycles. The zero-order chi connectivity index (χ0) is 19.6. The molecular formula is C17H19N5O4S. The minimum absolute atomic E-state index is 0.0120. The van der Waals surface area contributed by atoms with Gasteiger partial charge in [-0.3, -0.25) is 9.59 Å². The summed E-state index contributed by atoms with van der Waals surface area (Å²) in [6.45, 7) is 1.81. The number of hydrogen-bond donors (Lipinski definition) is 1. The molecule has 0 radical (unpaired) electrons. The number of hydrogen-bond acceptors (Lipinski definition) is 6. The number of sulfonamides is 1. The number of fused-ring (bicyclic) bond motifs is 1. The molecule has 1 aliphatic rings.